The molecule has 0 N–H and O–H groups in total. The minimum Gasteiger partial charge on any atom is -0.493 e. The molecule has 0 atom stereocenters. The summed E-state index contributed by atoms with van der Waals surface area (Å²) in [5.74, 6) is 2.03. The Morgan fingerprint density at radius 2 is 1.88 bits per heavy atom. The highest BCUT2D eigenvalue weighted by atomic mass is 16.5. The molecule has 1 fully saturated rings. The molecule has 0 unspecified atom stereocenters. The van der Waals surface area contributed by atoms with Crippen LogP contribution in [0.15, 0.2) is 42.5 Å². The minimum atomic E-state index is 0.0233. The molecule has 0 aliphatic carbocycles. The van der Waals surface area contributed by atoms with Gasteiger partial charge in [0.05, 0.1) is 7.11 Å². The van der Waals surface area contributed by atoms with Crippen molar-refractivity contribution in [3.8, 4) is 17.2 Å². The summed E-state index contributed by atoms with van der Waals surface area (Å²) in [7, 11) is 1.63. The lowest BCUT2D eigenvalue weighted by Crippen LogP contribution is -2.18. The van der Waals surface area contributed by atoms with Gasteiger partial charge in [-0.15, -0.1) is 0 Å². The van der Waals surface area contributed by atoms with Crippen molar-refractivity contribution in [2.45, 2.75) is 26.3 Å². The van der Waals surface area contributed by atoms with Gasteiger partial charge in [0.25, 0.3) is 0 Å². The molecule has 1 aliphatic rings. The van der Waals surface area contributed by atoms with Crippen molar-refractivity contribution in [2.24, 2.45) is 0 Å². The molecule has 0 bridgehead atoms. The molecule has 126 valence electrons. The zero-order valence-corrected chi connectivity index (χ0v) is 14.2. The van der Waals surface area contributed by atoms with Gasteiger partial charge < -0.3 is 9.47 Å². The maximum absolute atomic E-state index is 11.5. The van der Waals surface area contributed by atoms with Crippen molar-refractivity contribution in [2.75, 3.05) is 20.2 Å². The molecule has 3 rings (SSSR count). The first-order valence-corrected chi connectivity index (χ1v) is 8.34. The predicted molar refractivity (Wildman–Crippen MR) is 94.0 cm³/mol. The van der Waals surface area contributed by atoms with Crippen molar-refractivity contribution in [1.29, 1.82) is 0 Å². The number of hydrogen-bond acceptors (Lipinski definition) is 4. The average molecular weight is 325 g/mol. The van der Waals surface area contributed by atoms with Gasteiger partial charge in [0.2, 0.25) is 0 Å². The molecule has 4 heteroatoms. The lowest BCUT2D eigenvalue weighted by Gasteiger charge is -2.17. The number of likely N-dealkylation sites (tertiary alicyclic amines) is 1. The van der Waals surface area contributed by atoms with Gasteiger partial charge >= 0.3 is 0 Å². The van der Waals surface area contributed by atoms with E-state index in [-0.39, 0.29) is 5.78 Å². The zero-order valence-electron chi connectivity index (χ0n) is 14.2. The van der Waals surface area contributed by atoms with Gasteiger partial charge in [-0.3, -0.25) is 9.69 Å². The van der Waals surface area contributed by atoms with Gasteiger partial charge in [-0.1, -0.05) is 18.2 Å². The Morgan fingerprint density at radius 3 is 2.58 bits per heavy atom. The topological polar surface area (TPSA) is 38.8 Å². The van der Waals surface area contributed by atoms with E-state index in [1.54, 1.807) is 26.2 Å². The number of rotatable bonds is 6. The number of carbonyl (C=O) groups excluding carboxylic acids is 1. The third kappa shape index (κ3) is 3.95. The van der Waals surface area contributed by atoms with E-state index in [9.17, 15) is 4.79 Å². The Morgan fingerprint density at radius 1 is 1.08 bits per heavy atom. The molecule has 2 aromatic carbocycles. The first kappa shape index (κ1) is 16.5. The quantitative estimate of drug-likeness (QED) is 0.743. The Kier molecular flexibility index (Phi) is 5.16. The smallest absolute Gasteiger partial charge is 0.169 e. The fourth-order valence-corrected chi connectivity index (χ4v) is 3.00. The van der Waals surface area contributed by atoms with Crippen LogP contribution in [0.5, 0.6) is 17.2 Å². The number of carbonyl (C=O) groups is 1. The molecule has 1 saturated heterocycles. The molecule has 0 aromatic heterocycles. The second kappa shape index (κ2) is 7.49. The molecule has 24 heavy (non-hydrogen) atoms. The van der Waals surface area contributed by atoms with Crippen LogP contribution in [-0.4, -0.2) is 30.9 Å². The van der Waals surface area contributed by atoms with Gasteiger partial charge in [0, 0.05) is 12.1 Å². The van der Waals surface area contributed by atoms with Crippen LogP contribution >= 0.6 is 0 Å². The molecule has 4 nitrogen and oxygen atoms in total. The molecule has 2 aromatic rings. The standard InChI is InChI=1S/C20H23NO3/c1-15(22)17-6-5-7-18(13-17)24-20-12-16(8-9-19(20)23-2)14-21-10-3-4-11-21/h5-9,12-13H,3-4,10-11,14H2,1-2H3. The summed E-state index contributed by atoms with van der Waals surface area (Å²) in [5, 5.41) is 0. The largest absolute Gasteiger partial charge is 0.493 e. The number of ketones is 1. The van der Waals surface area contributed by atoms with Crippen LogP contribution in [0.1, 0.15) is 35.7 Å². The summed E-state index contributed by atoms with van der Waals surface area (Å²) in [6.07, 6.45) is 2.55. The van der Waals surface area contributed by atoms with Crippen LogP contribution in [0.3, 0.4) is 0 Å². The fourth-order valence-electron chi connectivity index (χ4n) is 3.00. The van der Waals surface area contributed by atoms with Gasteiger partial charge in [-0.2, -0.15) is 0 Å². The maximum Gasteiger partial charge on any atom is 0.169 e. The van der Waals surface area contributed by atoms with Gasteiger partial charge in [0.1, 0.15) is 5.75 Å². The Balaban J connectivity index is 1.82. The first-order valence-electron chi connectivity index (χ1n) is 8.34. The number of Topliss-reactive ketones (excluding diaryl/α,β-unsaturated/α-hetero) is 1. The number of hydrogen-bond donors (Lipinski definition) is 0. The molecule has 0 amide bonds. The van der Waals surface area contributed by atoms with Crippen molar-refractivity contribution >= 4 is 5.78 Å². The predicted octanol–water partition coefficient (Wildman–Crippen LogP) is 4.29. The first-order chi connectivity index (χ1) is 11.7. The van der Waals surface area contributed by atoms with Crippen molar-refractivity contribution < 1.29 is 14.3 Å². The normalized spacial score (nSPS) is 14.6. The van der Waals surface area contributed by atoms with E-state index in [0.717, 1.165) is 19.6 Å². The zero-order chi connectivity index (χ0) is 16.9. The summed E-state index contributed by atoms with van der Waals surface area (Å²) in [6, 6.07) is 13.3. The van der Waals surface area contributed by atoms with Gasteiger partial charge in [0.15, 0.2) is 17.3 Å². The molecular formula is C20H23NO3. The van der Waals surface area contributed by atoms with E-state index >= 15 is 0 Å². The summed E-state index contributed by atoms with van der Waals surface area (Å²) >= 11 is 0. The highest BCUT2D eigenvalue weighted by Gasteiger charge is 2.14. The van der Waals surface area contributed by atoms with E-state index in [0.29, 0.717) is 22.8 Å². The average Bonchev–Trinajstić information content (AvgIpc) is 3.08. The summed E-state index contributed by atoms with van der Waals surface area (Å²) < 4.78 is 11.4. The molecule has 0 saturated carbocycles. The van der Waals surface area contributed by atoms with E-state index in [1.807, 2.05) is 24.3 Å². The second-order valence-electron chi connectivity index (χ2n) is 6.15. The summed E-state index contributed by atoms with van der Waals surface area (Å²) in [4.78, 5) is 14.0. The van der Waals surface area contributed by atoms with Crippen LogP contribution in [0.4, 0.5) is 0 Å². The van der Waals surface area contributed by atoms with Crippen molar-refractivity contribution in [3.63, 3.8) is 0 Å². The van der Waals surface area contributed by atoms with E-state index in [2.05, 4.69) is 11.0 Å². The highest BCUT2D eigenvalue weighted by Crippen LogP contribution is 2.33. The molecule has 1 heterocycles. The Bertz CT molecular complexity index is 721. The van der Waals surface area contributed by atoms with Crippen LogP contribution in [-0.2, 0) is 6.54 Å². The molecule has 0 spiro atoms. The number of nitrogens with zero attached hydrogens (tertiary/aromatic N) is 1. The summed E-state index contributed by atoms with van der Waals surface area (Å²) in [6.45, 7) is 4.79. The third-order valence-corrected chi connectivity index (χ3v) is 4.30. The fraction of sp³-hybridized carbons (Fsp3) is 0.350. The summed E-state index contributed by atoms with van der Waals surface area (Å²) in [5.41, 5.74) is 1.84. The minimum absolute atomic E-state index is 0.0233. The number of methoxy groups -OCH3 is 1. The molecule has 0 radical (unpaired) electrons. The van der Waals surface area contributed by atoms with E-state index < -0.39 is 0 Å². The second-order valence-corrected chi connectivity index (χ2v) is 6.15. The Labute approximate surface area is 143 Å². The van der Waals surface area contributed by atoms with Gasteiger partial charge in [-0.25, -0.2) is 0 Å². The van der Waals surface area contributed by atoms with Crippen molar-refractivity contribution in [1.82, 2.24) is 4.90 Å². The van der Waals surface area contributed by atoms with Crippen LogP contribution in [0.25, 0.3) is 0 Å². The van der Waals surface area contributed by atoms with Crippen LogP contribution in [0.2, 0.25) is 0 Å². The number of benzene rings is 2. The van der Waals surface area contributed by atoms with E-state index in [1.165, 1.54) is 18.4 Å². The molecule has 1 aliphatic heterocycles. The van der Waals surface area contributed by atoms with E-state index in [4.69, 9.17) is 9.47 Å². The molecular weight excluding hydrogens is 302 g/mol. The number of ether oxygens (including phenoxy) is 2. The maximum atomic E-state index is 11.5. The monoisotopic (exact) mass is 325 g/mol. The lowest BCUT2D eigenvalue weighted by molar-refractivity contribution is 0.101. The van der Waals surface area contributed by atoms with Crippen LogP contribution < -0.4 is 9.47 Å². The van der Waals surface area contributed by atoms with Crippen molar-refractivity contribution in [3.05, 3.63) is 53.6 Å². The highest BCUT2D eigenvalue weighted by molar-refractivity contribution is 5.94. The van der Waals surface area contributed by atoms with Crippen LogP contribution in [0, 0.1) is 0 Å². The van der Waals surface area contributed by atoms with Gasteiger partial charge in [-0.05, 0) is 62.7 Å². The Hall–Kier alpha value is -2.33. The SMILES string of the molecule is COc1ccc(CN2CCCC2)cc1Oc1cccc(C(C)=O)c1. The third-order valence-electron chi connectivity index (χ3n) is 4.30. The lowest BCUT2D eigenvalue weighted by atomic mass is 10.1.